The van der Waals surface area contributed by atoms with E-state index in [0.717, 1.165) is 5.56 Å². The number of urea groups is 1. The van der Waals surface area contributed by atoms with E-state index in [4.69, 9.17) is 9.47 Å². The summed E-state index contributed by atoms with van der Waals surface area (Å²) in [6, 6.07) is 6.67. The first-order valence-electron chi connectivity index (χ1n) is 7.63. The summed E-state index contributed by atoms with van der Waals surface area (Å²) in [6.07, 6.45) is 1.66. The number of hydrogen-bond donors (Lipinski definition) is 2. The Labute approximate surface area is 140 Å². The molecule has 2 N–H and O–H groups in total. The number of para-hydroxylation sites is 1. The Hall–Kier alpha value is -2.83. The second kappa shape index (κ2) is 8.14. The van der Waals surface area contributed by atoms with Crippen LogP contribution in [0.5, 0.6) is 5.75 Å². The molecule has 0 spiro atoms. The molecule has 0 radical (unpaired) electrons. The molecule has 7 heteroatoms. The zero-order valence-electron chi connectivity index (χ0n) is 13.6. The van der Waals surface area contributed by atoms with Gasteiger partial charge in [-0.05, 0) is 18.1 Å². The number of ether oxygens (including phenoxy) is 2. The summed E-state index contributed by atoms with van der Waals surface area (Å²) < 4.78 is 10.4. The number of hydrogen-bond acceptors (Lipinski definition) is 5. The molecule has 2 rings (SSSR count). The highest BCUT2D eigenvalue weighted by Gasteiger charge is 2.19. The van der Waals surface area contributed by atoms with Crippen LogP contribution in [0.4, 0.5) is 4.79 Å². The van der Waals surface area contributed by atoms with Crippen molar-refractivity contribution in [3.8, 4) is 5.75 Å². The number of imide groups is 1. The van der Waals surface area contributed by atoms with Gasteiger partial charge in [0.2, 0.25) is 0 Å². The summed E-state index contributed by atoms with van der Waals surface area (Å²) in [5.41, 5.74) is 1.08. The molecule has 7 nitrogen and oxygen atoms in total. The molecule has 3 amide bonds. The zero-order chi connectivity index (χ0) is 17.5. The average Bonchev–Trinajstić information content (AvgIpc) is 2.57. The first-order valence-corrected chi connectivity index (χ1v) is 7.63. The lowest BCUT2D eigenvalue weighted by atomic mass is 10.1. The SMILES string of the molecule is CC(C)CNC(=O)NC(=O)COC(=O)C1=Cc2ccccc2OC1. The van der Waals surface area contributed by atoms with Crippen molar-refractivity contribution in [1.29, 1.82) is 0 Å². The van der Waals surface area contributed by atoms with Gasteiger partial charge in [-0.1, -0.05) is 32.0 Å². The van der Waals surface area contributed by atoms with E-state index >= 15 is 0 Å². The smallest absolute Gasteiger partial charge is 0.338 e. The van der Waals surface area contributed by atoms with Crippen LogP contribution in [0.25, 0.3) is 6.08 Å². The van der Waals surface area contributed by atoms with Crippen molar-refractivity contribution in [2.75, 3.05) is 19.8 Å². The van der Waals surface area contributed by atoms with E-state index in [-0.39, 0.29) is 12.5 Å². The molecule has 0 bridgehead atoms. The molecule has 0 fully saturated rings. The van der Waals surface area contributed by atoms with Crippen LogP contribution in [0, 0.1) is 5.92 Å². The molecule has 0 saturated carbocycles. The van der Waals surface area contributed by atoms with Gasteiger partial charge in [0, 0.05) is 12.1 Å². The molecule has 0 saturated heterocycles. The van der Waals surface area contributed by atoms with Crippen molar-refractivity contribution in [2.45, 2.75) is 13.8 Å². The zero-order valence-corrected chi connectivity index (χ0v) is 13.6. The van der Waals surface area contributed by atoms with Gasteiger partial charge in [-0.15, -0.1) is 0 Å². The predicted octanol–water partition coefficient (Wildman–Crippen LogP) is 1.49. The summed E-state index contributed by atoms with van der Waals surface area (Å²) >= 11 is 0. The number of amides is 3. The number of rotatable bonds is 5. The third-order valence-corrected chi connectivity index (χ3v) is 3.15. The van der Waals surface area contributed by atoms with Crippen molar-refractivity contribution in [2.24, 2.45) is 5.92 Å². The molecule has 1 aromatic rings. The summed E-state index contributed by atoms with van der Waals surface area (Å²) in [5, 5.41) is 4.62. The normalized spacial score (nSPS) is 12.5. The van der Waals surface area contributed by atoms with Gasteiger partial charge in [0.05, 0.1) is 5.57 Å². The molecular formula is C17H20N2O5. The fourth-order valence-electron chi connectivity index (χ4n) is 1.96. The average molecular weight is 332 g/mol. The van der Waals surface area contributed by atoms with Crippen LogP contribution in [0.2, 0.25) is 0 Å². The maximum Gasteiger partial charge on any atom is 0.338 e. The number of carbonyl (C=O) groups is 3. The van der Waals surface area contributed by atoms with E-state index in [1.54, 1.807) is 12.1 Å². The molecule has 1 aliphatic rings. The van der Waals surface area contributed by atoms with Gasteiger partial charge in [0.15, 0.2) is 6.61 Å². The van der Waals surface area contributed by atoms with Crippen LogP contribution in [0.3, 0.4) is 0 Å². The second-order valence-corrected chi connectivity index (χ2v) is 5.72. The van der Waals surface area contributed by atoms with Crippen LogP contribution < -0.4 is 15.4 Å². The number of fused-ring (bicyclic) bond motifs is 1. The highest BCUT2D eigenvalue weighted by molar-refractivity contribution is 5.98. The van der Waals surface area contributed by atoms with Gasteiger partial charge < -0.3 is 14.8 Å². The van der Waals surface area contributed by atoms with E-state index in [9.17, 15) is 14.4 Å². The van der Waals surface area contributed by atoms with E-state index in [1.165, 1.54) is 0 Å². The second-order valence-electron chi connectivity index (χ2n) is 5.72. The van der Waals surface area contributed by atoms with Crippen LogP contribution >= 0.6 is 0 Å². The highest BCUT2D eigenvalue weighted by Crippen LogP contribution is 2.25. The summed E-state index contributed by atoms with van der Waals surface area (Å²) in [4.78, 5) is 35.0. The van der Waals surface area contributed by atoms with Crippen molar-refractivity contribution < 1.29 is 23.9 Å². The van der Waals surface area contributed by atoms with Crippen molar-refractivity contribution in [3.63, 3.8) is 0 Å². The molecule has 0 atom stereocenters. The van der Waals surface area contributed by atoms with E-state index in [1.807, 2.05) is 32.0 Å². The molecule has 24 heavy (non-hydrogen) atoms. The summed E-state index contributed by atoms with van der Waals surface area (Å²) in [5.74, 6) is -0.386. The highest BCUT2D eigenvalue weighted by atomic mass is 16.5. The molecule has 128 valence electrons. The Balaban J connectivity index is 1.80. The van der Waals surface area contributed by atoms with Crippen molar-refractivity contribution in [1.82, 2.24) is 10.6 Å². The van der Waals surface area contributed by atoms with Gasteiger partial charge >= 0.3 is 12.0 Å². The Morgan fingerprint density at radius 2 is 2.00 bits per heavy atom. The van der Waals surface area contributed by atoms with Gasteiger partial charge in [-0.3, -0.25) is 10.1 Å². The molecular weight excluding hydrogens is 312 g/mol. The number of nitrogens with one attached hydrogen (secondary N) is 2. The Morgan fingerprint density at radius 3 is 2.75 bits per heavy atom. The van der Waals surface area contributed by atoms with Crippen LogP contribution in [0.15, 0.2) is 29.8 Å². The Morgan fingerprint density at radius 1 is 1.25 bits per heavy atom. The van der Waals surface area contributed by atoms with Gasteiger partial charge in [0.1, 0.15) is 12.4 Å². The lowest BCUT2D eigenvalue weighted by Crippen LogP contribution is -2.42. The lowest BCUT2D eigenvalue weighted by molar-refractivity contribution is -0.144. The van der Waals surface area contributed by atoms with E-state index in [0.29, 0.717) is 17.9 Å². The van der Waals surface area contributed by atoms with Crippen LogP contribution in [0.1, 0.15) is 19.4 Å². The molecule has 0 aliphatic carbocycles. The molecule has 0 aromatic heterocycles. The molecule has 1 aliphatic heterocycles. The van der Waals surface area contributed by atoms with Gasteiger partial charge in [-0.2, -0.15) is 0 Å². The summed E-state index contributed by atoms with van der Waals surface area (Å²) in [7, 11) is 0. The lowest BCUT2D eigenvalue weighted by Gasteiger charge is -2.16. The monoisotopic (exact) mass is 332 g/mol. The largest absolute Gasteiger partial charge is 0.488 e. The minimum Gasteiger partial charge on any atom is -0.488 e. The Kier molecular flexibility index (Phi) is 5.95. The van der Waals surface area contributed by atoms with E-state index < -0.39 is 24.5 Å². The fraction of sp³-hybridized carbons (Fsp3) is 0.353. The van der Waals surface area contributed by atoms with E-state index in [2.05, 4.69) is 10.6 Å². The maximum absolute atomic E-state index is 12.0. The Bertz CT molecular complexity index is 667. The third kappa shape index (κ3) is 5.12. The number of carbonyl (C=O) groups excluding carboxylic acids is 3. The third-order valence-electron chi connectivity index (χ3n) is 3.15. The summed E-state index contributed by atoms with van der Waals surface area (Å²) in [6.45, 7) is 3.85. The van der Waals surface area contributed by atoms with Gasteiger partial charge in [0.25, 0.3) is 5.91 Å². The number of esters is 1. The quantitative estimate of drug-likeness (QED) is 0.797. The minimum absolute atomic E-state index is 0.0757. The maximum atomic E-state index is 12.0. The first kappa shape index (κ1) is 17.5. The van der Waals surface area contributed by atoms with Crippen molar-refractivity contribution in [3.05, 3.63) is 35.4 Å². The van der Waals surface area contributed by atoms with Crippen molar-refractivity contribution >= 4 is 24.0 Å². The van der Waals surface area contributed by atoms with Crippen LogP contribution in [-0.2, 0) is 14.3 Å². The topological polar surface area (TPSA) is 93.7 Å². The number of benzene rings is 1. The van der Waals surface area contributed by atoms with Crippen LogP contribution in [-0.4, -0.2) is 37.7 Å². The van der Waals surface area contributed by atoms with Gasteiger partial charge in [-0.25, -0.2) is 9.59 Å². The fourth-order valence-corrected chi connectivity index (χ4v) is 1.96. The molecule has 1 heterocycles. The molecule has 1 aromatic carbocycles. The predicted molar refractivity (Wildman–Crippen MR) is 87.3 cm³/mol. The molecule has 0 unspecified atom stereocenters. The minimum atomic E-state index is -0.692. The standard InChI is InChI=1S/C17H20N2O5/c1-11(2)8-18-17(22)19-15(20)10-24-16(21)13-7-12-5-3-4-6-14(12)23-9-13/h3-7,11H,8-10H2,1-2H3,(H2,18,19,20,22). The first-order chi connectivity index (χ1) is 11.5.